The SMILES string of the molecule is CB(O)N1CCN(c2nc3cc(F)c(Cl)cc3nc2Cl)CC1. The van der Waals surface area contributed by atoms with E-state index in [2.05, 4.69) is 9.97 Å². The Hall–Kier alpha value is -1.15. The van der Waals surface area contributed by atoms with Gasteiger partial charge in [0.15, 0.2) is 11.0 Å². The highest BCUT2D eigenvalue weighted by atomic mass is 35.5. The Labute approximate surface area is 137 Å². The van der Waals surface area contributed by atoms with E-state index in [9.17, 15) is 9.41 Å². The molecule has 2 aromatic rings. The maximum Gasteiger partial charge on any atom is 0.376 e. The first-order valence-corrected chi connectivity index (χ1v) is 7.70. The molecule has 0 saturated carbocycles. The third-order valence-electron chi connectivity index (χ3n) is 3.79. The number of halogens is 3. The first-order valence-electron chi connectivity index (χ1n) is 6.95. The third kappa shape index (κ3) is 2.99. The number of benzene rings is 1. The van der Waals surface area contributed by atoms with Crippen LogP contribution in [0.3, 0.4) is 0 Å². The van der Waals surface area contributed by atoms with Gasteiger partial charge in [-0.05, 0) is 12.9 Å². The molecule has 1 fully saturated rings. The summed E-state index contributed by atoms with van der Waals surface area (Å²) in [4.78, 5) is 12.6. The Morgan fingerprint density at radius 1 is 1.14 bits per heavy atom. The molecular weight excluding hydrogens is 329 g/mol. The van der Waals surface area contributed by atoms with Gasteiger partial charge in [0, 0.05) is 32.2 Å². The summed E-state index contributed by atoms with van der Waals surface area (Å²) in [5.41, 5.74) is 0.877. The number of anilines is 1. The van der Waals surface area contributed by atoms with E-state index in [0.717, 1.165) is 0 Å². The molecule has 1 saturated heterocycles. The van der Waals surface area contributed by atoms with E-state index in [-0.39, 0.29) is 10.2 Å². The molecule has 3 rings (SSSR count). The van der Waals surface area contributed by atoms with Crippen molar-refractivity contribution in [2.75, 3.05) is 31.1 Å². The highest BCUT2D eigenvalue weighted by Gasteiger charge is 2.25. The molecule has 0 atom stereocenters. The van der Waals surface area contributed by atoms with Crippen molar-refractivity contribution in [2.45, 2.75) is 6.82 Å². The van der Waals surface area contributed by atoms with Crippen LogP contribution < -0.4 is 4.90 Å². The molecule has 1 aromatic heterocycles. The van der Waals surface area contributed by atoms with Gasteiger partial charge in [0.1, 0.15) is 5.82 Å². The number of rotatable bonds is 2. The first-order chi connectivity index (χ1) is 10.5. The predicted octanol–water partition coefficient (Wildman–Crippen LogP) is 2.31. The van der Waals surface area contributed by atoms with Crippen molar-refractivity contribution < 1.29 is 9.41 Å². The van der Waals surface area contributed by atoms with Crippen molar-refractivity contribution in [1.29, 1.82) is 0 Å². The summed E-state index contributed by atoms with van der Waals surface area (Å²) in [5, 5.41) is 9.85. The fourth-order valence-corrected chi connectivity index (χ4v) is 2.94. The van der Waals surface area contributed by atoms with E-state index in [1.54, 1.807) is 6.82 Å². The van der Waals surface area contributed by atoms with Crippen molar-refractivity contribution in [1.82, 2.24) is 14.8 Å². The quantitative estimate of drug-likeness (QED) is 0.849. The molecule has 0 amide bonds. The van der Waals surface area contributed by atoms with Crippen LogP contribution in [0, 0.1) is 5.82 Å². The van der Waals surface area contributed by atoms with Crippen LogP contribution in [-0.2, 0) is 0 Å². The van der Waals surface area contributed by atoms with E-state index in [1.807, 2.05) is 9.71 Å². The van der Waals surface area contributed by atoms with E-state index in [4.69, 9.17) is 23.2 Å². The predicted molar refractivity (Wildman–Crippen MR) is 87.1 cm³/mol. The lowest BCUT2D eigenvalue weighted by atomic mass is 9.84. The molecule has 0 unspecified atom stereocenters. The first kappa shape index (κ1) is 15.7. The maximum absolute atomic E-state index is 13.6. The smallest absolute Gasteiger partial charge is 0.376 e. The summed E-state index contributed by atoms with van der Waals surface area (Å²) in [6.45, 7) is 4.47. The van der Waals surface area contributed by atoms with Crippen LogP contribution in [0.25, 0.3) is 11.0 Å². The Morgan fingerprint density at radius 2 is 1.77 bits per heavy atom. The van der Waals surface area contributed by atoms with Crippen molar-refractivity contribution in [2.24, 2.45) is 0 Å². The molecule has 9 heteroatoms. The van der Waals surface area contributed by atoms with Crippen molar-refractivity contribution in [3.8, 4) is 0 Å². The van der Waals surface area contributed by atoms with Gasteiger partial charge in [0.25, 0.3) is 0 Å². The molecule has 1 aliphatic heterocycles. The zero-order valence-electron chi connectivity index (χ0n) is 11.9. The van der Waals surface area contributed by atoms with Crippen molar-refractivity contribution >= 4 is 47.1 Å². The molecule has 1 N–H and O–H groups in total. The monoisotopic (exact) mass is 342 g/mol. The van der Waals surface area contributed by atoms with Gasteiger partial charge >= 0.3 is 7.05 Å². The fraction of sp³-hybridized carbons (Fsp3) is 0.385. The topological polar surface area (TPSA) is 52.5 Å². The van der Waals surface area contributed by atoms with E-state index in [1.165, 1.54) is 12.1 Å². The minimum absolute atomic E-state index is 0.00355. The van der Waals surface area contributed by atoms with Crippen molar-refractivity contribution in [3.63, 3.8) is 0 Å². The Bertz CT molecular complexity index is 710. The molecule has 0 bridgehead atoms. The zero-order chi connectivity index (χ0) is 15.9. The van der Waals surface area contributed by atoms with Gasteiger partial charge in [-0.15, -0.1) is 0 Å². The standard InChI is InChI=1S/C13H14BCl2FN4O/c1-14(22)21-4-2-20(3-5-21)13-12(16)18-10-6-8(15)9(17)7-11(10)19-13/h6-7,22H,2-5H2,1H3. The van der Waals surface area contributed by atoms with Crippen LogP contribution in [0.15, 0.2) is 12.1 Å². The highest BCUT2D eigenvalue weighted by molar-refractivity contribution is 6.45. The summed E-state index contributed by atoms with van der Waals surface area (Å²) in [6.07, 6.45) is 0. The minimum atomic E-state index is -0.532. The van der Waals surface area contributed by atoms with Crippen LogP contribution in [0.1, 0.15) is 0 Å². The zero-order valence-corrected chi connectivity index (χ0v) is 13.4. The number of fused-ring (bicyclic) bond motifs is 1. The van der Waals surface area contributed by atoms with Crippen molar-refractivity contribution in [3.05, 3.63) is 28.1 Å². The van der Waals surface area contributed by atoms with Gasteiger partial charge in [-0.25, -0.2) is 14.4 Å². The summed E-state index contributed by atoms with van der Waals surface area (Å²) in [5.74, 6) is -0.00297. The van der Waals surface area contributed by atoms with Gasteiger partial charge in [-0.2, -0.15) is 0 Å². The molecule has 2 heterocycles. The number of piperazine rings is 1. The van der Waals surface area contributed by atoms with Gasteiger partial charge in [-0.3, -0.25) is 0 Å². The van der Waals surface area contributed by atoms with Gasteiger partial charge in [-0.1, -0.05) is 23.2 Å². The molecule has 1 aliphatic rings. The average Bonchev–Trinajstić information content (AvgIpc) is 2.48. The van der Waals surface area contributed by atoms with E-state index < -0.39 is 12.9 Å². The second-order valence-electron chi connectivity index (χ2n) is 5.25. The Kier molecular flexibility index (Phi) is 4.41. The van der Waals surface area contributed by atoms with Crippen LogP contribution in [0.5, 0.6) is 0 Å². The molecule has 0 aliphatic carbocycles. The second-order valence-corrected chi connectivity index (χ2v) is 6.01. The average molecular weight is 343 g/mol. The third-order valence-corrected chi connectivity index (χ3v) is 4.33. The summed E-state index contributed by atoms with van der Waals surface area (Å²) >= 11 is 12.0. The second kappa shape index (κ2) is 6.16. The highest BCUT2D eigenvalue weighted by Crippen LogP contribution is 2.28. The number of hydrogen-bond donors (Lipinski definition) is 1. The summed E-state index contributed by atoms with van der Waals surface area (Å²) in [7, 11) is -0.475. The fourth-order valence-electron chi connectivity index (χ4n) is 2.53. The van der Waals surface area contributed by atoms with Gasteiger partial charge in [0.2, 0.25) is 0 Å². The molecule has 116 valence electrons. The van der Waals surface area contributed by atoms with E-state index >= 15 is 0 Å². The Balaban J connectivity index is 1.91. The number of hydrogen-bond acceptors (Lipinski definition) is 5. The molecule has 22 heavy (non-hydrogen) atoms. The van der Waals surface area contributed by atoms with Crippen LogP contribution in [-0.4, -0.2) is 53.0 Å². The number of nitrogens with zero attached hydrogens (tertiary/aromatic N) is 4. The van der Waals surface area contributed by atoms with Gasteiger partial charge in [0.05, 0.1) is 16.1 Å². The summed E-state index contributed by atoms with van der Waals surface area (Å²) < 4.78 is 13.6. The van der Waals surface area contributed by atoms with Crippen LogP contribution >= 0.6 is 23.2 Å². The number of aromatic nitrogens is 2. The molecule has 5 nitrogen and oxygen atoms in total. The van der Waals surface area contributed by atoms with Crippen LogP contribution in [0.4, 0.5) is 10.2 Å². The molecular formula is C13H14BCl2FN4O. The Morgan fingerprint density at radius 3 is 2.41 bits per heavy atom. The maximum atomic E-state index is 13.6. The van der Waals surface area contributed by atoms with Crippen LogP contribution in [0.2, 0.25) is 17.0 Å². The minimum Gasteiger partial charge on any atom is -0.437 e. The summed E-state index contributed by atoms with van der Waals surface area (Å²) in [6, 6.07) is 2.68. The lowest BCUT2D eigenvalue weighted by Gasteiger charge is -2.36. The molecule has 0 spiro atoms. The normalized spacial score (nSPS) is 16.3. The van der Waals surface area contributed by atoms with E-state index in [0.29, 0.717) is 43.0 Å². The lowest BCUT2D eigenvalue weighted by molar-refractivity contribution is 0.344. The molecule has 0 radical (unpaired) electrons. The van der Waals surface area contributed by atoms with Gasteiger partial charge < -0.3 is 14.7 Å². The molecule has 1 aromatic carbocycles. The largest absolute Gasteiger partial charge is 0.437 e. The lowest BCUT2D eigenvalue weighted by Crippen LogP contribution is -2.51.